The molecule has 0 saturated heterocycles. The first-order chi connectivity index (χ1) is 14.2. The highest BCUT2D eigenvalue weighted by Crippen LogP contribution is 2.19. The molecule has 8 heteroatoms. The summed E-state index contributed by atoms with van der Waals surface area (Å²) in [5.41, 5.74) is 2.69. The van der Waals surface area contributed by atoms with Crippen molar-refractivity contribution in [2.45, 2.75) is 39.2 Å². The van der Waals surface area contributed by atoms with E-state index in [4.69, 9.17) is 4.52 Å². The summed E-state index contributed by atoms with van der Waals surface area (Å²) in [4.78, 5) is 16.5. The predicted octanol–water partition coefficient (Wildman–Crippen LogP) is 2.98. The van der Waals surface area contributed by atoms with Crippen LogP contribution >= 0.6 is 0 Å². The van der Waals surface area contributed by atoms with Crippen molar-refractivity contribution >= 4 is 11.6 Å². The quantitative estimate of drug-likeness (QED) is 0.497. The molecular formula is C21H22N6O2. The van der Waals surface area contributed by atoms with Gasteiger partial charge in [0.25, 0.3) is 5.89 Å². The number of rotatable bonds is 8. The molecule has 8 nitrogen and oxygen atoms in total. The van der Waals surface area contributed by atoms with Gasteiger partial charge < -0.3 is 9.84 Å². The zero-order valence-corrected chi connectivity index (χ0v) is 16.2. The maximum absolute atomic E-state index is 12.1. The molecule has 3 heterocycles. The summed E-state index contributed by atoms with van der Waals surface area (Å²) in [6.07, 6.45) is 4.74. The number of aromatic nitrogens is 5. The van der Waals surface area contributed by atoms with Crippen molar-refractivity contribution in [3.8, 4) is 11.5 Å². The molecule has 0 aliphatic heterocycles. The summed E-state index contributed by atoms with van der Waals surface area (Å²) in [7, 11) is 0. The van der Waals surface area contributed by atoms with Gasteiger partial charge in [0, 0.05) is 24.6 Å². The molecule has 1 N–H and O–H groups in total. The number of fused-ring (bicyclic) bond motifs is 1. The molecule has 0 bridgehead atoms. The summed E-state index contributed by atoms with van der Waals surface area (Å²) >= 11 is 0. The predicted molar refractivity (Wildman–Crippen MR) is 107 cm³/mol. The van der Waals surface area contributed by atoms with E-state index in [-0.39, 0.29) is 5.91 Å². The number of aryl methyl sites for hydroxylation is 2. The monoisotopic (exact) mass is 390 g/mol. The number of nitrogens with zero attached hydrogens (tertiary/aromatic N) is 5. The maximum Gasteiger partial charge on any atom is 0.258 e. The number of amides is 1. The Kier molecular flexibility index (Phi) is 5.60. The summed E-state index contributed by atoms with van der Waals surface area (Å²) in [5.74, 6) is 1.80. The molecule has 4 rings (SSSR count). The highest BCUT2D eigenvalue weighted by Gasteiger charge is 2.12. The van der Waals surface area contributed by atoms with E-state index >= 15 is 0 Å². The molecular weight excluding hydrogens is 368 g/mol. The Labute approximate surface area is 168 Å². The molecule has 0 unspecified atom stereocenters. The van der Waals surface area contributed by atoms with Crippen LogP contribution < -0.4 is 5.32 Å². The van der Waals surface area contributed by atoms with E-state index in [0.29, 0.717) is 42.6 Å². The molecule has 4 aromatic rings. The van der Waals surface area contributed by atoms with Crippen molar-refractivity contribution in [2.24, 2.45) is 0 Å². The standard InChI is InChI=1S/C21H22N6O2/c1-2-17-23-21(29-26-17)16-11-12-27-18(13-16)24-25-19(27)14-22-20(28)10-6-9-15-7-4-3-5-8-15/h3-5,7-8,11-13H,2,6,9-10,14H2,1H3,(H,22,28). The number of pyridine rings is 1. The molecule has 0 fully saturated rings. The zero-order valence-electron chi connectivity index (χ0n) is 16.2. The lowest BCUT2D eigenvalue weighted by Crippen LogP contribution is -2.23. The van der Waals surface area contributed by atoms with Gasteiger partial charge in [-0.1, -0.05) is 42.4 Å². The lowest BCUT2D eigenvalue weighted by molar-refractivity contribution is -0.121. The largest absolute Gasteiger partial charge is 0.349 e. The molecule has 29 heavy (non-hydrogen) atoms. The zero-order chi connectivity index (χ0) is 20.1. The maximum atomic E-state index is 12.1. The third kappa shape index (κ3) is 4.48. The molecule has 1 aromatic carbocycles. The van der Waals surface area contributed by atoms with Crippen LogP contribution in [0.3, 0.4) is 0 Å². The smallest absolute Gasteiger partial charge is 0.258 e. The third-order valence-electron chi connectivity index (χ3n) is 4.67. The van der Waals surface area contributed by atoms with Gasteiger partial charge >= 0.3 is 0 Å². The fourth-order valence-corrected chi connectivity index (χ4v) is 3.07. The van der Waals surface area contributed by atoms with E-state index in [1.54, 1.807) is 0 Å². The Bertz CT molecular complexity index is 1100. The van der Waals surface area contributed by atoms with Crippen molar-refractivity contribution in [1.29, 1.82) is 0 Å². The van der Waals surface area contributed by atoms with Crippen LogP contribution in [0.1, 0.15) is 37.0 Å². The summed E-state index contributed by atoms with van der Waals surface area (Å²) in [6.45, 7) is 2.30. The fraction of sp³-hybridized carbons (Fsp3) is 0.286. The van der Waals surface area contributed by atoms with E-state index in [9.17, 15) is 4.79 Å². The Balaban J connectivity index is 1.34. The van der Waals surface area contributed by atoms with Gasteiger partial charge in [-0.05, 0) is 30.5 Å². The first kappa shape index (κ1) is 18.8. The van der Waals surface area contributed by atoms with Gasteiger partial charge in [-0.25, -0.2) is 0 Å². The van der Waals surface area contributed by atoms with Gasteiger partial charge in [0.15, 0.2) is 17.3 Å². The van der Waals surface area contributed by atoms with Gasteiger partial charge in [-0.15, -0.1) is 10.2 Å². The van der Waals surface area contributed by atoms with Crippen molar-refractivity contribution in [3.05, 3.63) is 65.9 Å². The van der Waals surface area contributed by atoms with Crippen molar-refractivity contribution in [3.63, 3.8) is 0 Å². The van der Waals surface area contributed by atoms with Crippen LogP contribution in [0.4, 0.5) is 0 Å². The molecule has 0 aliphatic rings. The van der Waals surface area contributed by atoms with Crippen molar-refractivity contribution in [1.82, 2.24) is 30.1 Å². The lowest BCUT2D eigenvalue weighted by atomic mass is 10.1. The van der Waals surface area contributed by atoms with Gasteiger partial charge in [-0.3, -0.25) is 9.20 Å². The number of nitrogens with one attached hydrogen (secondary N) is 1. The van der Waals surface area contributed by atoms with Gasteiger partial charge in [0.2, 0.25) is 5.91 Å². The van der Waals surface area contributed by atoms with Crippen molar-refractivity contribution < 1.29 is 9.32 Å². The van der Waals surface area contributed by atoms with Crippen LogP contribution in [-0.2, 0) is 24.2 Å². The van der Waals surface area contributed by atoms with Crippen LogP contribution in [0, 0.1) is 0 Å². The molecule has 148 valence electrons. The molecule has 1 amide bonds. The van der Waals surface area contributed by atoms with Gasteiger partial charge in [-0.2, -0.15) is 4.98 Å². The number of carbonyl (C=O) groups is 1. The van der Waals surface area contributed by atoms with Crippen LogP contribution in [0.2, 0.25) is 0 Å². The summed E-state index contributed by atoms with van der Waals surface area (Å²) < 4.78 is 7.11. The van der Waals surface area contributed by atoms with E-state index in [1.807, 2.05) is 47.9 Å². The number of carbonyl (C=O) groups excluding carboxylic acids is 1. The van der Waals surface area contributed by atoms with E-state index < -0.39 is 0 Å². The Morgan fingerprint density at radius 1 is 1.17 bits per heavy atom. The third-order valence-corrected chi connectivity index (χ3v) is 4.67. The van der Waals surface area contributed by atoms with Crippen LogP contribution in [0.15, 0.2) is 53.2 Å². The van der Waals surface area contributed by atoms with Crippen LogP contribution in [-0.4, -0.2) is 30.6 Å². The Hall–Kier alpha value is -3.55. The highest BCUT2D eigenvalue weighted by molar-refractivity contribution is 5.75. The molecule has 0 atom stereocenters. The molecule has 3 aromatic heterocycles. The van der Waals surface area contributed by atoms with E-state index in [0.717, 1.165) is 18.4 Å². The topological polar surface area (TPSA) is 98.2 Å². The minimum atomic E-state index is 0.00672. The Morgan fingerprint density at radius 2 is 2.03 bits per heavy atom. The second kappa shape index (κ2) is 8.64. The normalized spacial score (nSPS) is 11.1. The molecule has 0 radical (unpaired) electrons. The highest BCUT2D eigenvalue weighted by atomic mass is 16.5. The first-order valence-electron chi connectivity index (χ1n) is 9.70. The van der Waals surface area contributed by atoms with Gasteiger partial charge in [0.1, 0.15) is 0 Å². The molecule has 0 saturated carbocycles. The first-order valence-corrected chi connectivity index (χ1v) is 9.70. The Morgan fingerprint density at radius 3 is 2.83 bits per heavy atom. The number of benzene rings is 1. The van der Waals surface area contributed by atoms with Crippen LogP contribution in [0.25, 0.3) is 17.1 Å². The summed E-state index contributed by atoms with van der Waals surface area (Å²) in [5, 5.41) is 15.2. The van der Waals surface area contributed by atoms with E-state index in [2.05, 4.69) is 37.8 Å². The molecule has 0 spiro atoms. The second-order valence-electron chi connectivity index (χ2n) is 6.75. The SMILES string of the molecule is CCc1noc(-c2ccn3c(CNC(=O)CCCc4ccccc4)nnc3c2)n1. The molecule has 0 aliphatic carbocycles. The second-order valence-corrected chi connectivity index (χ2v) is 6.75. The minimum absolute atomic E-state index is 0.00672. The fourth-order valence-electron chi connectivity index (χ4n) is 3.07. The average molecular weight is 390 g/mol. The number of hydrogen-bond acceptors (Lipinski definition) is 6. The number of hydrogen-bond donors (Lipinski definition) is 1. The van der Waals surface area contributed by atoms with Crippen molar-refractivity contribution in [2.75, 3.05) is 0 Å². The average Bonchev–Trinajstić information content (AvgIpc) is 3.39. The van der Waals surface area contributed by atoms with Gasteiger partial charge in [0.05, 0.1) is 6.54 Å². The van der Waals surface area contributed by atoms with Crippen LogP contribution in [0.5, 0.6) is 0 Å². The van der Waals surface area contributed by atoms with E-state index in [1.165, 1.54) is 5.56 Å². The minimum Gasteiger partial charge on any atom is -0.349 e. The lowest BCUT2D eigenvalue weighted by Gasteiger charge is -2.05. The summed E-state index contributed by atoms with van der Waals surface area (Å²) in [6, 6.07) is 13.9.